The second kappa shape index (κ2) is 8.26. The number of aryl methyl sites for hydroxylation is 3. The van der Waals surface area contributed by atoms with Crippen molar-refractivity contribution in [1.82, 2.24) is 0 Å². The van der Waals surface area contributed by atoms with E-state index in [-0.39, 0.29) is 5.04 Å². The number of benzene rings is 2. The summed E-state index contributed by atoms with van der Waals surface area (Å²) in [6, 6.07) is 7.02. The molecule has 0 amide bonds. The zero-order valence-corrected chi connectivity index (χ0v) is 22.7. The SMILES string of the molecule is Cc1cc2c(c(C3CCCc4cc(Br)c(O[Si](C)(C)C(C)(C)C)cc43)c1N)CCCC2. The Hall–Kier alpha value is -1.26. The first-order valence-electron chi connectivity index (χ1n) is 11.9. The minimum atomic E-state index is -1.92. The summed E-state index contributed by atoms with van der Waals surface area (Å²) < 4.78 is 7.87. The highest BCUT2D eigenvalue weighted by atomic mass is 79.9. The molecule has 0 aromatic heterocycles. The molecule has 0 fully saturated rings. The summed E-state index contributed by atoms with van der Waals surface area (Å²) in [7, 11) is -1.92. The monoisotopic (exact) mass is 499 g/mol. The van der Waals surface area contributed by atoms with Gasteiger partial charge >= 0.3 is 0 Å². The Morgan fingerprint density at radius 1 is 1.00 bits per heavy atom. The zero-order chi connectivity index (χ0) is 22.6. The molecule has 0 saturated carbocycles. The predicted octanol–water partition coefficient (Wildman–Crippen LogP) is 8.07. The van der Waals surface area contributed by atoms with Crippen LogP contribution >= 0.6 is 15.9 Å². The number of nitrogen functional groups attached to an aromatic ring is 1. The third kappa shape index (κ3) is 4.22. The molecule has 2 N–H and O–H groups in total. The second-order valence-corrected chi connectivity index (χ2v) is 16.7. The van der Waals surface area contributed by atoms with E-state index in [9.17, 15) is 0 Å². The summed E-state index contributed by atoms with van der Waals surface area (Å²) >= 11 is 3.83. The number of hydrogen-bond acceptors (Lipinski definition) is 2. The van der Waals surface area contributed by atoms with E-state index in [2.05, 4.69) is 74.9 Å². The third-order valence-electron chi connectivity index (χ3n) is 7.97. The Kier molecular flexibility index (Phi) is 6.11. The summed E-state index contributed by atoms with van der Waals surface area (Å²) in [6.45, 7) is 13.7. The normalized spacial score (nSPS) is 19.0. The number of halogens is 1. The van der Waals surface area contributed by atoms with Crippen molar-refractivity contribution in [3.05, 3.63) is 56.1 Å². The molecule has 31 heavy (non-hydrogen) atoms. The second-order valence-electron chi connectivity index (χ2n) is 11.2. The van der Waals surface area contributed by atoms with Crippen LogP contribution in [0.25, 0.3) is 0 Å². The van der Waals surface area contributed by atoms with Gasteiger partial charge in [0.15, 0.2) is 0 Å². The third-order valence-corrected chi connectivity index (χ3v) is 12.9. The predicted molar refractivity (Wildman–Crippen MR) is 139 cm³/mol. The summed E-state index contributed by atoms with van der Waals surface area (Å²) in [5.41, 5.74) is 16.5. The van der Waals surface area contributed by atoms with Gasteiger partial charge in [-0.2, -0.15) is 0 Å². The van der Waals surface area contributed by atoms with Crippen LogP contribution in [0.4, 0.5) is 5.69 Å². The molecule has 0 aliphatic heterocycles. The van der Waals surface area contributed by atoms with E-state index in [0.29, 0.717) is 5.92 Å². The minimum Gasteiger partial charge on any atom is -0.543 e. The standard InChI is InChI=1S/C27H38BrNOSi/c1-17-14-18-10-7-8-12-20(18)25(26(17)29)21-13-9-11-19-15-23(28)24(16-22(19)21)30-31(5,6)27(2,3)4/h14-16,21H,7-13,29H2,1-6H3. The Balaban J connectivity index is 1.83. The van der Waals surface area contributed by atoms with Gasteiger partial charge in [0.05, 0.1) is 4.47 Å². The summed E-state index contributed by atoms with van der Waals surface area (Å²) in [4.78, 5) is 0. The molecule has 0 saturated heterocycles. The van der Waals surface area contributed by atoms with E-state index >= 15 is 0 Å². The number of anilines is 1. The molecule has 0 spiro atoms. The Morgan fingerprint density at radius 3 is 2.39 bits per heavy atom. The Morgan fingerprint density at radius 2 is 1.68 bits per heavy atom. The van der Waals surface area contributed by atoms with Gasteiger partial charge in [-0.1, -0.05) is 26.8 Å². The van der Waals surface area contributed by atoms with Crippen LogP contribution in [0.3, 0.4) is 0 Å². The summed E-state index contributed by atoms with van der Waals surface area (Å²) in [5, 5.41) is 0.168. The maximum absolute atomic E-state index is 6.79. The molecule has 0 bridgehead atoms. The van der Waals surface area contributed by atoms with E-state index in [1.165, 1.54) is 66.3 Å². The molecule has 2 aromatic carbocycles. The molecule has 2 nitrogen and oxygen atoms in total. The van der Waals surface area contributed by atoms with E-state index < -0.39 is 8.32 Å². The molecule has 1 unspecified atom stereocenters. The van der Waals surface area contributed by atoms with Crippen LogP contribution in [-0.2, 0) is 19.3 Å². The van der Waals surface area contributed by atoms with Gasteiger partial charge in [-0.25, -0.2) is 0 Å². The fourth-order valence-corrected chi connectivity index (χ4v) is 6.76. The molecular formula is C27H38BrNOSi. The first kappa shape index (κ1) is 22.9. The van der Waals surface area contributed by atoms with Gasteiger partial charge in [0.2, 0.25) is 0 Å². The molecule has 2 aliphatic rings. The molecule has 4 rings (SSSR count). The van der Waals surface area contributed by atoms with E-state index in [1.54, 1.807) is 5.56 Å². The van der Waals surface area contributed by atoms with Crippen LogP contribution in [-0.4, -0.2) is 8.32 Å². The Labute approximate surface area is 198 Å². The highest BCUT2D eigenvalue weighted by Crippen LogP contribution is 2.47. The fraction of sp³-hybridized carbons (Fsp3) is 0.556. The molecule has 0 heterocycles. The molecule has 0 radical (unpaired) electrons. The average molecular weight is 501 g/mol. The summed E-state index contributed by atoms with van der Waals surface area (Å²) in [5.74, 6) is 1.39. The molecule has 1 atom stereocenters. The van der Waals surface area contributed by atoms with Crippen LogP contribution in [0, 0.1) is 6.92 Å². The van der Waals surface area contributed by atoms with E-state index in [0.717, 1.165) is 22.3 Å². The molecule has 2 aliphatic carbocycles. The van der Waals surface area contributed by atoms with Crippen LogP contribution in [0.1, 0.15) is 85.8 Å². The van der Waals surface area contributed by atoms with Gasteiger partial charge in [-0.15, -0.1) is 0 Å². The highest BCUT2D eigenvalue weighted by molar-refractivity contribution is 9.10. The van der Waals surface area contributed by atoms with E-state index in [4.69, 9.17) is 10.2 Å². The maximum Gasteiger partial charge on any atom is 0.250 e. The number of hydrogen-bond donors (Lipinski definition) is 1. The quantitative estimate of drug-likeness (QED) is 0.342. The van der Waals surface area contributed by atoms with Gasteiger partial charge in [-0.3, -0.25) is 0 Å². The smallest absolute Gasteiger partial charge is 0.250 e. The van der Waals surface area contributed by atoms with Gasteiger partial charge in [0.1, 0.15) is 5.75 Å². The van der Waals surface area contributed by atoms with E-state index in [1.807, 2.05) is 0 Å². The zero-order valence-electron chi connectivity index (χ0n) is 20.1. The topological polar surface area (TPSA) is 35.2 Å². The fourth-order valence-electron chi connectivity index (χ4n) is 5.12. The van der Waals surface area contributed by atoms with Gasteiger partial charge in [0.25, 0.3) is 8.32 Å². The lowest BCUT2D eigenvalue weighted by atomic mass is 9.73. The van der Waals surface area contributed by atoms with Gasteiger partial charge < -0.3 is 10.2 Å². The lowest BCUT2D eigenvalue weighted by molar-refractivity contribution is 0.487. The van der Waals surface area contributed by atoms with Crippen LogP contribution < -0.4 is 10.2 Å². The van der Waals surface area contributed by atoms with Crippen LogP contribution in [0.5, 0.6) is 5.75 Å². The average Bonchev–Trinajstić information content (AvgIpc) is 2.68. The minimum absolute atomic E-state index is 0.168. The van der Waals surface area contributed by atoms with Crippen LogP contribution in [0.15, 0.2) is 22.7 Å². The van der Waals surface area contributed by atoms with Crippen molar-refractivity contribution >= 4 is 29.9 Å². The van der Waals surface area contributed by atoms with Crippen molar-refractivity contribution in [3.8, 4) is 5.75 Å². The number of fused-ring (bicyclic) bond motifs is 2. The maximum atomic E-state index is 6.79. The number of rotatable bonds is 3. The van der Waals surface area contributed by atoms with Crippen molar-refractivity contribution in [2.45, 2.75) is 96.7 Å². The molecule has 2 aromatic rings. The van der Waals surface area contributed by atoms with Crippen molar-refractivity contribution in [3.63, 3.8) is 0 Å². The Bertz CT molecular complexity index is 1010. The van der Waals surface area contributed by atoms with Crippen molar-refractivity contribution in [2.75, 3.05) is 5.73 Å². The highest BCUT2D eigenvalue weighted by Gasteiger charge is 2.40. The first-order valence-corrected chi connectivity index (χ1v) is 15.6. The molecular weight excluding hydrogens is 462 g/mol. The summed E-state index contributed by atoms with van der Waals surface area (Å²) in [6.07, 6.45) is 8.48. The van der Waals surface area contributed by atoms with Crippen molar-refractivity contribution in [1.29, 1.82) is 0 Å². The van der Waals surface area contributed by atoms with Gasteiger partial charge in [0, 0.05) is 11.6 Å². The van der Waals surface area contributed by atoms with Gasteiger partial charge in [-0.05, 0) is 131 Å². The number of nitrogens with two attached hydrogens (primary N) is 1. The van der Waals surface area contributed by atoms with Crippen molar-refractivity contribution in [2.24, 2.45) is 0 Å². The lowest BCUT2D eigenvalue weighted by Crippen LogP contribution is -2.44. The molecule has 168 valence electrons. The lowest BCUT2D eigenvalue weighted by Gasteiger charge is -2.38. The first-order chi connectivity index (χ1) is 14.5. The van der Waals surface area contributed by atoms with Crippen molar-refractivity contribution < 1.29 is 4.43 Å². The van der Waals surface area contributed by atoms with Crippen LogP contribution in [0.2, 0.25) is 18.1 Å². The molecule has 4 heteroatoms. The largest absolute Gasteiger partial charge is 0.543 e.